The van der Waals surface area contributed by atoms with E-state index in [1.165, 1.54) is 11.8 Å². The van der Waals surface area contributed by atoms with Gasteiger partial charge in [-0.05, 0) is 41.0 Å². The Morgan fingerprint density at radius 2 is 2.47 bits per heavy atom. The maximum absolute atomic E-state index is 10.9. The van der Waals surface area contributed by atoms with E-state index in [1.54, 1.807) is 12.3 Å². The number of pyridine rings is 1. The molecule has 0 saturated heterocycles. The van der Waals surface area contributed by atoms with Crippen molar-refractivity contribution in [2.24, 2.45) is 5.73 Å². The number of nitrogens with zero attached hydrogens (tertiary/aromatic N) is 1. The quantitative estimate of drug-likeness (QED) is 0.808. The first-order valence-corrected chi connectivity index (χ1v) is 6.02. The summed E-state index contributed by atoms with van der Waals surface area (Å²) in [6.45, 7) is 0.356. The minimum absolute atomic E-state index is 0.356. The van der Waals surface area contributed by atoms with E-state index in [-0.39, 0.29) is 0 Å². The van der Waals surface area contributed by atoms with Crippen LogP contribution in [0.2, 0.25) is 0 Å². The number of carbonyl (C=O) groups is 1. The van der Waals surface area contributed by atoms with Gasteiger partial charge in [0.05, 0.1) is 0 Å². The normalized spacial score (nSPS) is 12.4. The number of carboxylic acid groups (broad SMARTS) is 1. The number of hydrogen-bond acceptors (Lipinski definition) is 4. The van der Waals surface area contributed by atoms with Crippen LogP contribution in [0.15, 0.2) is 27.8 Å². The van der Waals surface area contributed by atoms with E-state index in [9.17, 15) is 4.79 Å². The summed E-state index contributed by atoms with van der Waals surface area (Å²) in [7, 11) is 0. The molecule has 0 spiro atoms. The Hall–Kier alpha value is -0.590. The fraction of sp³-hybridized carbons (Fsp3) is 0.333. The minimum atomic E-state index is -0.858. The summed E-state index contributed by atoms with van der Waals surface area (Å²) >= 11 is 4.53. The average Bonchev–Trinajstić information content (AvgIpc) is 2.20. The summed E-state index contributed by atoms with van der Waals surface area (Å²) < 4.78 is 0.804. The maximum atomic E-state index is 10.9. The van der Waals surface area contributed by atoms with Crippen LogP contribution < -0.4 is 5.73 Å². The smallest absolute Gasteiger partial charge is 0.317 e. The van der Waals surface area contributed by atoms with Crippen LogP contribution in [0, 0.1) is 0 Å². The van der Waals surface area contributed by atoms with Crippen LogP contribution in [0.4, 0.5) is 0 Å². The van der Waals surface area contributed by atoms with E-state index in [2.05, 4.69) is 20.9 Å². The number of rotatable bonds is 5. The molecule has 15 heavy (non-hydrogen) atoms. The highest BCUT2D eigenvalue weighted by Gasteiger charge is 2.19. The van der Waals surface area contributed by atoms with E-state index >= 15 is 0 Å². The van der Waals surface area contributed by atoms with Gasteiger partial charge in [0.25, 0.3) is 0 Å². The Morgan fingerprint density at radius 1 is 1.73 bits per heavy atom. The number of aliphatic carboxylic acids is 1. The monoisotopic (exact) mass is 290 g/mol. The molecule has 0 saturated carbocycles. The molecule has 82 valence electrons. The average molecular weight is 291 g/mol. The van der Waals surface area contributed by atoms with E-state index in [1.807, 2.05) is 6.07 Å². The molecular formula is C9H11BrN2O2S. The molecule has 1 aromatic rings. The number of carboxylic acids is 1. The van der Waals surface area contributed by atoms with Crippen molar-refractivity contribution in [1.29, 1.82) is 0 Å². The zero-order chi connectivity index (χ0) is 11.3. The molecule has 6 heteroatoms. The summed E-state index contributed by atoms with van der Waals surface area (Å²) in [5.74, 6) is -0.858. The molecule has 0 aromatic carbocycles. The third-order valence-electron chi connectivity index (χ3n) is 1.68. The van der Waals surface area contributed by atoms with Crippen molar-refractivity contribution in [2.75, 3.05) is 6.54 Å². The molecular weight excluding hydrogens is 280 g/mol. The predicted molar refractivity (Wildman–Crippen MR) is 62.9 cm³/mol. The highest BCUT2D eigenvalue weighted by molar-refractivity contribution is 9.10. The first kappa shape index (κ1) is 12.5. The van der Waals surface area contributed by atoms with Crippen molar-refractivity contribution < 1.29 is 9.90 Å². The summed E-state index contributed by atoms with van der Waals surface area (Å²) in [4.78, 5) is 15.0. The molecule has 1 rings (SSSR count). The second-order valence-electron chi connectivity index (χ2n) is 2.81. The first-order chi connectivity index (χ1) is 7.15. The molecule has 0 bridgehead atoms. The molecule has 1 heterocycles. The summed E-state index contributed by atoms with van der Waals surface area (Å²) in [5, 5.41) is 9.08. The molecule has 4 nitrogen and oxygen atoms in total. The summed E-state index contributed by atoms with van der Waals surface area (Å²) in [6.07, 6.45) is 2.07. The number of hydrogen-bond donors (Lipinski definition) is 2. The maximum Gasteiger partial charge on any atom is 0.317 e. The highest BCUT2D eigenvalue weighted by atomic mass is 79.9. The van der Waals surface area contributed by atoms with Gasteiger partial charge in [0.15, 0.2) is 0 Å². The standard InChI is InChI=1S/C9H11BrN2O2S/c10-6-2-1-5-12-8(6)15-7(3-4-11)9(13)14/h1-2,5,7H,3-4,11H2,(H,13,14). The van der Waals surface area contributed by atoms with Gasteiger partial charge >= 0.3 is 5.97 Å². The molecule has 1 aromatic heterocycles. The lowest BCUT2D eigenvalue weighted by Crippen LogP contribution is -2.20. The zero-order valence-electron chi connectivity index (χ0n) is 7.89. The zero-order valence-corrected chi connectivity index (χ0v) is 10.3. The number of thioether (sulfide) groups is 1. The van der Waals surface area contributed by atoms with E-state index in [4.69, 9.17) is 10.8 Å². The number of aromatic nitrogens is 1. The molecule has 1 atom stereocenters. The van der Waals surface area contributed by atoms with E-state index < -0.39 is 11.2 Å². The van der Waals surface area contributed by atoms with Gasteiger partial charge < -0.3 is 10.8 Å². The molecule has 0 radical (unpaired) electrons. The topological polar surface area (TPSA) is 76.2 Å². The third kappa shape index (κ3) is 3.81. The second-order valence-corrected chi connectivity index (χ2v) is 4.86. The van der Waals surface area contributed by atoms with Crippen molar-refractivity contribution in [1.82, 2.24) is 4.98 Å². The van der Waals surface area contributed by atoms with Crippen molar-refractivity contribution in [3.05, 3.63) is 22.8 Å². The van der Waals surface area contributed by atoms with Crippen molar-refractivity contribution in [3.63, 3.8) is 0 Å². The lowest BCUT2D eigenvalue weighted by atomic mass is 10.3. The van der Waals surface area contributed by atoms with Gasteiger partial charge in [0.1, 0.15) is 10.3 Å². The Balaban J connectivity index is 2.74. The van der Waals surface area contributed by atoms with Crippen LogP contribution in [0.3, 0.4) is 0 Å². The minimum Gasteiger partial charge on any atom is -0.480 e. The van der Waals surface area contributed by atoms with Crippen LogP contribution >= 0.6 is 27.7 Å². The van der Waals surface area contributed by atoms with Crippen LogP contribution in [0.5, 0.6) is 0 Å². The molecule has 0 aliphatic heterocycles. The van der Waals surface area contributed by atoms with Gasteiger partial charge in [-0.3, -0.25) is 4.79 Å². The fourth-order valence-electron chi connectivity index (χ4n) is 0.977. The van der Waals surface area contributed by atoms with Gasteiger partial charge in [0, 0.05) is 10.7 Å². The van der Waals surface area contributed by atoms with Gasteiger partial charge in [-0.1, -0.05) is 11.8 Å². The van der Waals surface area contributed by atoms with Crippen molar-refractivity contribution in [2.45, 2.75) is 16.7 Å². The number of nitrogens with two attached hydrogens (primary N) is 1. The Morgan fingerprint density at radius 3 is 3.00 bits per heavy atom. The Labute approximate surface area is 100 Å². The van der Waals surface area contributed by atoms with Crippen LogP contribution in [0.25, 0.3) is 0 Å². The van der Waals surface area contributed by atoms with Gasteiger partial charge in [-0.15, -0.1) is 0 Å². The van der Waals surface area contributed by atoms with Gasteiger partial charge in [0.2, 0.25) is 0 Å². The molecule has 1 unspecified atom stereocenters. The second kappa shape index (κ2) is 6.09. The lowest BCUT2D eigenvalue weighted by molar-refractivity contribution is -0.136. The van der Waals surface area contributed by atoms with Crippen LogP contribution in [-0.4, -0.2) is 27.9 Å². The molecule has 0 fully saturated rings. The summed E-state index contributed by atoms with van der Waals surface area (Å²) in [6, 6.07) is 3.61. The SMILES string of the molecule is NCCC(Sc1ncccc1Br)C(=O)O. The fourth-order valence-corrected chi connectivity index (χ4v) is 2.44. The lowest BCUT2D eigenvalue weighted by Gasteiger charge is -2.10. The summed E-state index contributed by atoms with van der Waals surface area (Å²) in [5.41, 5.74) is 5.35. The largest absolute Gasteiger partial charge is 0.480 e. The van der Waals surface area contributed by atoms with E-state index in [0.717, 1.165) is 4.47 Å². The van der Waals surface area contributed by atoms with Crippen molar-refractivity contribution in [3.8, 4) is 0 Å². The van der Waals surface area contributed by atoms with Gasteiger partial charge in [-0.25, -0.2) is 4.98 Å². The number of halogens is 1. The van der Waals surface area contributed by atoms with E-state index in [0.29, 0.717) is 18.0 Å². The molecule has 0 amide bonds. The molecule has 0 aliphatic carbocycles. The third-order valence-corrected chi connectivity index (χ3v) is 3.86. The van der Waals surface area contributed by atoms with Crippen LogP contribution in [0.1, 0.15) is 6.42 Å². The Bertz CT molecular complexity index is 349. The predicted octanol–water partition coefficient (Wildman–Crippen LogP) is 1.74. The molecule has 0 aliphatic rings. The van der Waals surface area contributed by atoms with Gasteiger partial charge in [-0.2, -0.15) is 0 Å². The van der Waals surface area contributed by atoms with Crippen LogP contribution in [-0.2, 0) is 4.79 Å². The Kier molecular flexibility index (Phi) is 5.07. The first-order valence-electron chi connectivity index (χ1n) is 4.35. The highest BCUT2D eigenvalue weighted by Crippen LogP contribution is 2.29. The molecule has 3 N–H and O–H groups in total. The van der Waals surface area contributed by atoms with Crippen molar-refractivity contribution >= 4 is 33.7 Å².